The van der Waals surface area contributed by atoms with Gasteiger partial charge in [-0.05, 0) is 67.7 Å². The van der Waals surface area contributed by atoms with Crippen LogP contribution in [0.2, 0.25) is 0 Å². The predicted octanol–water partition coefficient (Wildman–Crippen LogP) is 6.61. The second-order valence-electron chi connectivity index (χ2n) is 6.32. The Morgan fingerprint density at radius 2 is 1.09 bits per heavy atom. The molecule has 0 saturated carbocycles. The summed E-state index contributed by atoms with van der Waals surface area (Å²) >= 11 is 0. The lowest BCUT2D eigenvalue weighted by Crippen LogP contribution is -1.83. The lowest BCUT2D eigenvalue weighted by atomic mass is 9.94. The van der Waals surface area contributed by atoms with Crippen LogP contribution in [0.15, 0.2) is 78.9 Å². The number of fused-ring (bicyclic) bond motifs is 6. The van der Waals surface area contributed by atoms with Crippen LogP contribution in [0.25, 0.3) is 43.1 Å². The molecular weight excluding hydrogens is 276 g/mol. The molecule has 0 spiro atoms. The Morgan fingerprint density at radius 3 is 2.00 bits per heavy atom. The summed E-state index contributed by atoms with van der Waals surface area (Å²) < 4.78 is 0. The first kappa shape index (κ1) is 12.7. The van der Waals surface area contributed by atoms with Crippen molar-refractivity contribution in [2.24, 2.45) is 0 Å². The SMILES string of the molecule is Cc1cccc2cc3c(ccc4c5ccccc5ccc34)cc12. The molecule has 0 aromatic heterocycles. The molecule has 0 atom stereocenters. The number of aryl methyl sites for hydroxylation is 1. The minimum Gasteiger partial charge on any atom is -0.0616 e. The van der Waals surface area contributed by atoms with Gasteiger partial charge in [0.15, 0.2) is 0 Å². The standard InChI is InChI=1S/C23H16/c1-15-5-4-7-17-14-23-18(13-22(15)17)10-12-20-19-8-3-2-6-16(19)9-11-21(20)23/h2-14H,1H3. The molecule has 5 rings (SSSR count). The zero-order valence-corrected chi connectivity index (χ0v) is 13.0. The van der Waals surface area contributed by atoms with Crippen molar-refractivity contribution >= 4 is 43.1 Å². The molecule has 0 saturated heterocycles. The van der Waals surface area contributed by atoms with Gasteiger partial charge in [0.05, 0.1) is 0 Å². The molecule has 23 heavy (non-hydrogen) atoms. The predicted molar refractivity (Wildman–Crippen MR) is 101 cm³/mol. The van der Waals surface area contributed by atoms with Gasteiger partial charge in [-0.1, -0.05) is 66.7 Å². The summed E-state index contributed by atoms with van der Waals surface area (Å²) in [5.41, 5.74) is 1.34. The maximum Gasteiger partial charge on any atom is -0.00987 e. The van der Waals surface area contributed by atoms with Crippen LogP contribution in [0.1, 0.15) is 5.56 Å². The summed E-state index contributed by atoms with van der Waals surface area (Å²) in [7, 11) is 0. The van der Waals surface area contributed by atoms with Crippen LogP contribution >= 0.6 is 0 Å². The lowest BCUT2D eigenvalue weighted by molar-refractivity contribution is 1.54. The third-order valence-electron chi connectivity index (χ3n) is 4.96. The van der Waals surface area contributed by atoms with Gasteiger partial charge in [-0.3, -0.25) is 0 Å². The smallest absolute Gasteiger partial charge is 0.00987 e. The summed E-state index contributed by atoms with van der Waals surface area (Å²) in [5, 5.41) is 10.6. The molecule has 0 radical (unpaired) electrons. The number of benzene rings is 5. The van der Waals surface area contributed by atoms with E-state index in [1.807, 2.05) is 0 Å². The Labute approximate surface area is 135 Å². The lowest BCUT2D eigenvalue weighted by Gasteiger charge is -2.10. The Bertz CT molecular complexity index is 1210. The molecular formula is C23H16. The van der Waals surface area contributed by atoms with Crippen molar-refractivity contribution < 1.29 is 0 Å². The van der Waals surface area contributed by atoms with Crippen LogP contribution in [0.3, 0.4) is 0 Å². The van der Waals surface area contributed by atoms with Crippen molar-refractivity contribution in [1.29, 1.82) is 0 Å². The molecule has 5 aromatic carbocycles. The average Bonchev–Trinajstić information content (AvgIpc) is 2.60. The molecule has 0 heteroatoms. The fraction of sp³-hybridized carbons (Fsp3) is 0.0435. The van der Waals surface area contributed by atoms with Crippen LogP contribution in [0.5, 0.6) is 0 Å². The van der Waals surface area contributed by atoms with Crippen molar-refractivity contribution in [2.45, 2.75) is 6.92 Å². The topological polar surface area (TPSA) is 0 Å². The van der Waals surface area contributed by atoms with Crippen molar-refractivity contribution in [3.8, 4) is 0 Å². The highest BCUT2D eigenvalue weighted by atomic mass is 14.1. The van der Waals surface area contributed by atoms with Crippen molar-refractivity contribution in [1.82, 2.24) is 0 Å². The summed E-state index contributed by atoms with van der Waals surface area (Å²) in [4.78, 5) is 0. The largest absolute Gasteiger partial charge is 0.0616 e. The Kier molecular flexibility index (Phi) is 2.51. The van der Waals surface area contributed by atoms with E-state index >= 15 is 0 Å². The number of rotatable bonds is 0. The molecule has 0 fully saturated rings. The third kappa shape index (κ3) is 1.78. The van der Waals surface area contributed by atoms with Crippen molar-refractivity contribution in [3.63, 3.8) is 0 Å². The van der Waals surface area contributed by atoms with Crippen LogP contribution in [0.4, 0.5) is 0 Å². The first-order valence-electron chi connectivity index (χ1n) is 8.05. The van der Waals surface area contributed by atoms with Crippen molar-refractivity contribution in [3.05, 3.63) is 84.4 Å². The molecule has 0 amide bonds. The normalized spacial score (nSPS) is 11.7. The average molecular weight is 292 g/mol. The van der Waals surface area contributed by atoms with Gasteiger partial charge in [0.1, 0.15) is 0 Å². The van der Waals surface area contributed by atoms with E-state index in [1.165, 1.54) is 48.7 Å². The van der Waals surface area contributed by atoms with Crippen LogP contribution < -0.4 is 0 Å². The van der Waals surface area contributed by atoms with E-state index in [4.69, 9.17) is 0 Å². The molecule has 0 aliphatic rings. The van der Waals surface area contributed by atoms with Crippen LogP contribution in [-0.4, -0.2) is 0 Å². The third-order valence-corrected chi connectivity index (χ3v) is 4.96. The fourth-order valence-corrected chi connectivity index (χ4v) is 3.75. The monoisotopic (exact) mass is 292 g/mol. The number of hydrogen-bond acceptors (Lipinski definition) is 0. The Morgan fingerprint density at radius 1 is 0.435 bits per heavy atom. The fourth-order valence-electron chi connectivity index (χ4n) is 3.75. The summed E-state index contributed by atoms with van der Waals surface area (Å²) in [6, 6.07) is 28.9. The van der Waals surface area contributed by atoms with E-state index in [1.54, 1.807) is 0 Å². The van der Waals surface area contributed by atoms with Gasteiger partial charge in [-0.2, -0.15) is 0 Å². The quantitative estimate of drug-likeness (QED) is 0.222. The molecule has 0 N–H and O–H groups in total. The van der Waals surface area contributed by atoms with E-state index in [-0.39, 0.29) is 0 Å². The number of hydrogen-bond donors (Lipinski definition) is 0. The highest BCUT2D eigenvalue weighted by molar-refractivity contribution is 6.19. The highest BCUT2D eigenvalue weighted by Crippen LogP contribution is 2.34. The second kappa shape index (κ2) is 4.57. The van der Waals surface area contributed by atoms with E-state index in [0.29, 0.717) is 0 Å². The molecule has 0 nitrogen and oxygen atoms in total. The van der Waals surface area contributed by atoms with Crippen LogP contribution in [0, 0.1) is 6.92 Å². The molecule has 5 aromatic rings. The van der Waals surface area contributed by atoms with E-state index in [0.717, 1.165) is 0 Å². The van der Waals surface area contributed by atoms with E-state index in [9.17, 15) is 0 Å². The Hall–Kier alpha value is -2.86. The first-order chi connectivity index (χ1) is 11.3. The van der Waals surface area contributed by atoms with Gasteiger partial charge < -0.3 is 0 Å². The summed E-state index contributed by atoms with van der Waals surface area (Å²) in [6.07, 6.45) is 0. The van der Waals surface area contributed by atoms with Crippen LogP contribution in [-0.2, 0) is 0 Å². The van der Waals surface area contributed by atoms with E-state index in [2.05, 4.69) is 85.8 Å². The van der Waals surface area contributed by atoms with Gasteiger partial charge in [-0.25, -0.2) is 0 Å². The minimum atomic E-state index is 1.30. The van der Waals surface area contributed by atoms with Gasteiger partial charge in [0, 0.05) is 0 Å². The summed E-state index contributed by atoms with van der Waals surface area (Å²) in [6.45, 7) is 2.18. The van der Waals surface area contributed by atoms with Gasteiger partial charge in [0.2, 0.25) is 0 Å². The molecule has 0 aliphatic heterocycles. The highest BCUT2D eigenvalue weighted by Gasteiger charge is 2.06. The zero-order valence-electron chi connectivity index (χ0n) is 13.0. The maximum absolute atomic E-state index is 2.34. The molecule has 108 valence electrons. The van der Waals surface area contributed by atoms with Gasteiger partial charge in [-0.15, -0.1) is 0 Å². The Balaban J connectivity index is 2.01. The van der Waals surface area contributed by atoms with Gasteiger partial charge >= 0.3 is 0 Å². The molecule has 0 heterocycles. The van der Waals surface area contributed by atoms with E-state index < -0.39 is 0 Å². The van der Waals surface area contributed by atoms with Crippen molar-refractivity contribution in [2.75, 3.05) is 0 Å². The molecule has 0 aliphatic carbocycles. The molecule has 0 bridgehead atoms. The second-order valence-corrected chi connectivity index (χ2v) is 6.32. The molecule has 0 unspecified atom stereocenters. The minimum absolute atomic E-state index is 1.30. The summed E-state index contributed by atoms with van der Waals surface area (Å²) in [5.74, 6) is 0. The maximum atomic E-state index is 2.34. The van der Waals surface area contributed by atoms with Gasteiger partial charge in [0.25, 0.3) is 0 Å². The first-order valence-corrected chi connectivity index (χ1v) is 8.05. The zero-order chi connectivity index (χ0) is 15.4.